The number of ether oxygens (including phenoxy) is 1. The van der Waals surface area contributed by atoms with Crippen molar-refractivity contribution in [3.63, 3.8) is 0 Å². The van der Waals surface area contributed by atoms with Crippen LogP contribution in [-0.4, -0.2) is 24.3 Å². The van der Waals surface area contributed by atoms with Crippen LogP contribution in [0, 0.1) is 5.92 Å². The summed E-state index contributed by atoms with van der Waals surface area (Å²) < 4.78 is 4.91. The van der Waals surface area contributed by atoms with E-state index < -0.39 is 5.97 Å². The van der Waals surface area contributed by atoms with E-state index in [0.717, 1.165) is 12.8 Å². The van der Waals surface area contributed by atoms with Crippen molar-refractivity contribution in [2.45, 2.75) is 26.7 Å². The summed E-state index contributed by atoms with van der Waals surface area (Å²) in [4.78, 5) is 10.0. The van der Waals surface area contributed by atoms with E-state index in [1.807, 2.05) is 0 Å². The van der Waals surface area contributed by atoms with Gasteiger partial charge in [-0.3, -0.25) is 0 Å². The summed E-state index contributed by atoms with van der Waals surface area (Å²) in [5, 5.41) is 8.23. The third kappa shape index (κ3) is 7.33. The van der Waals surface area contributed by atoms with Gasteiger partial charge in [-0.25, -0.2) is 4.79 Å². The third-order valence-electron chi connectivity index (χ3n) is 1.41. The summed E-state index contributed by atoms with van der Waals surface area (Å²) in [6, 6.07) is 0. The van der Waals surface area contributed by atoms with E-state index in [1.165, 1.54) is 0 Å². The van der Waals surface area contributed by atoms with Crippen molar-refractivity contribution >= 4 is 5.97 Å². The van der Waals surface area contributed by atoms with Gasteiger partial charge in [0.1, 0.15) is 6.61 Å². The van der Waals surface area contributed by atoms with Crippen LogP contribution in [0.3, 0.4) is 0 Å². The number of hydrogen-bond acceptors (Lipinski definition) is 2. The molecule has 1 unspecified atom stereocenters. The maximum atomic E-state index is 10.0. The average molecular weight is 160 g/mol. The van der Waals surface area contributed by atoms with E-state index in [2.05, 4.69) is 13.8 Å². The summed E-state index contributed by atoms with van der Waals surface area (Å²) in [6.07, 6.45) is 2.22. The van der Waals surface area contributed by atoms with Crippen molar-refractivity contribution in [1.82, 2.24) is 0 Å². The smallest absolute Gasteiger partial charge is 0.329 e. The molecule has 11 heavy (non-hydrogen) atoms. The van der Waals surface area contributed by atoms with Crippen LogP contribution in [-0.2, 0) is 9.53 Å². The molecule has 0 spiro atoms. The molecule has 0 heterocycles. The topological polar surface area (TPSA) is 46.5 Å². The Morgan fingerprint density at radius 2 is 2.27 bits per heavy atom. The lowest BCUT2D eigenvalue weighted by Crippen LogP contribution is -2.12. The Labute approximate surface area is 67.4 Å². The largest absolute Gasteiger partial charge is 0.480 e. The van der Waals surface area contributed by atoms with Crippen LogP contribution in [0.2, 0.25) is 0 Å². The Balaban J connectivity index is 3.16. The Morgan fingerprint density at radius 1 is 1.64 bits per heavy atom. The molecule has 0 saturated heterocycles. The second-order valence-corrected chi connectivity index (χ2v) is 2.80. The fraction of sp³-hybridized carbons (Fsp3) is 0.875. The monoisotopic (exact) mass is 160 g/mol. The van der Waals surface area contributed by atoms with Gasteiger partial charge in [-0.2, -0.15) is 0 Å². The van der Waals surface area contributed by atoms with E-state index in [1.54, 1.807) is 0 Å². The van der Waals surface area contributed by atoms with Crippen LogP contribution in [0.15, 0.2) is 0 Å². The molecule has 0 aliphatic carbocycles. The quantitative estimate of drug-likeness (QED) is 0.640. The van der Waals surface area contributed by atoms with Gasteiger partial charge in [-0.15, -0.1) is 0 Å². The molecule has 0 bridgehead atoms. The van der Waals surface area contributed by atoms with Crippen LogP contribution in [0.25, 0.3) is 0 Å². The molecule has 3 nitrogen and oxygen atoms in total. The van der Waals surface area contributed by atoms with Gasteiger partial charge in [0.05, 0.1) is 0 Å². The van der Waals surface area contributed by atoms with Crippen molar-refractivity contribution in [3.8, 4) is 0 Å². The molecule has 0 amide bonds. The number of aliphatic carboxylic acids is 1. The Kier molecular flexibility index (Phi) is 5.84. The van der Waals surface area contributed by atoms with Gasteiger partial charge in [-0.1, -0.05) is 20.3 Å². The van der Waals surface area contributed by atoms with Gasteiger partial charge >= 0.3 is 5.97 Å². The highest BCUT2D eigenvalue weighted by molar-refractivity contribution is 5.67. The first kappa shape index (κ1) is 10.4. The molecule has 1 atom stereocenters. The van der Waals surface area contributed by atoms with E-state index in [-0.39, 0.29) is 6.61 Å². The maximum absolute atomic E-state index is 10.0. The predicted molar refractivity (Wildman–Crippen MR) is 42.5 cm³/mol. The summed E-state index contributed by atoms with van der Waals surface area (Å²) in [5.41, 5.74) is 0. The number of rotatable bonds is 6. The minimum atomic E-state index is -0.895. The highest BCUT2D eigenvalue weighted by Crippen LogP contribution is 2.04. The first-order chi connectivity index (χ1) is 5.16. The number of carboxylic acid groups (broad SMARTS) is 1. The van der Waals surface area contributed by atoms with Crippen molar-refractivity contribution in [1.29, 1.82) is 0 Å². The van der Waals surface area contributed by atoms with Crippen LogP contribution in [0.4, 0.5) is 0 Å². The summed E-state index contributed by atoms with van der Waals surface area (Å²) >= 11 is 0. The molecule has 0 fully saturated rings. The highest BCUT2D eigenvalue weighted by Gasteiger charge is 2.02. The first-order valence-corrected chi connectivity index (χ1v) is 3.96. The van der Waals surface area contributed by atoms with Gasteiger partial charge in [-0.05, 0) is 12.3 Å². The second-order valence-electron chi connectivity index (χ2n) is 2.80. The first-order valence-electron chi connectivity index (χ1n) is 3.96. The molecule has 0 saturated carbocycles. The Morgan fingerprint density at radius 3 is 2.73 bits per heavy atom. The minimum absolute atomic E-state index is 0.173. The summed E-state index contributed by atoms with van der Waals surface area (Å²) in [7, 11) is 0. The van der Waals surface area contributed by atoms with Gasteiger partial charge in [0.25, 0.3) is 0 Å². The second kappa shape index (κ2) is 6.16. The van der Waals surface area contributed by atoms with Crippen molar-refractivity contribution < 1.29 is 14.6 Å². The molecular weight excluding hydrogens is 144 g/mol. The molecule has 0 radical (unpaired) electrons. The zero-order valence-electron chi connectivity index (χ0n) is 7.17. The fourth-order valence-corrected chi connectivity index (χ4v) is 0.924. The van der Waals surface area contributed by atoms with Crippen LogP contribution < -0.4 is 0 Å². The van der Waals surface area contributed by atoms with Crippen molar-refractivity contribution in [2.24, 2.45) is 5.92 Å². The molecule has 0 rings (SSSR count). The van der Waals surface area contributed by atoms with Crippen LogP contribution >= 0.6 is 0 Å². The molecule has 0 aromatic carbocycles. The molecule has 0 aromatic rings. The Hall–Kier alpha value is -0.570. The molecule has 66 valence electrons. The summed E-state index contributed by atoms with van der Waals surface area (Å²) in [5.74, 6) is -0.423. The maximum Gasteiger partial charge on any atom is 0.329 e. The lowest BCUT2D eigenvalue weighted by molar-refractivity contribution is -0.142. The lowest BCUT2D eigenvalue weighted by Gasteiger charge is -2.08. The number of carboxylic acids is 1. The minimum Gasteiger partial charge on any atom is -0.480 e. The van der Waals surface area contributed by atoms with Gasteiger partial charge in [0, 0.05) is 6.61 Å². The van der Waals surface area contributed by atoms with Gasteiger partial charge in [0.2, 0.25) is 0 Å². The zero-order chi connectivity index (χ0) is 8.69. The molecular formula is C8H16O3. The molecule has 0 aliphatic rings. The van der Waals surface area contributed by atoms with Crippen LogP contribution in [0.1, 0.15) is 26.7 Å². The number of carbonyl (C=O) groups is 1. The normalized spacial score (nSPS) is 12.9. The van der Waals surface area contributed by atoms with Crippen molar-refractivity contribution in [3.05, 3.63) is 0 Å². The molecule has 1 N–H and O–H groups in total. The van der Waals surface area contributed by atoms with Crippen LogP contribution in [0.5, 0.6) is 0 Å². The predicted octanol–water partition coefficient (Wildman–Crippen LogP) is 1.52. The Bertz CT molecular complexity index is 112. The van der Waals surface area contributed by atoms with E-state index >= 15 is 0 Å². The molecule has 3 heteroatoms. The molecule has 0 aromatic heterocycles. The fourth-order valence-electron chi connectivity index (χ4n) is 0.924. The average Bonchev–Trinajstić information content (AvgIpc) is 1.87. The SMILES string of the molecule is CCCC(C)COCC(=O)O. The van der Waals surface area contributed by atoms with E-state index in [0.29, 0.717) is 12.5 Å². The standard InChI is InChI=1S/C8H16O3/c1-3-4-7(2)5-11-6-8(9)10/h7H,3-6H2,1-2H3,(H,9,10). The zero-order valence-corrected chi connectivity index (χ0v) is 7.17. The third-order valence-corrected chi connectivity index (χ3v) is 1.41. The van der Waals surface area contributed by atoms with Crippen molar-refractivity contribution in [2.75, 3.05) is 13.2 Å². The lowest BCUT2D eigenvalue weighted by atomic mass is 10.1. The summed E-state index contributed by atoms with van der Waals surface area (Å²) in [6.45, 7) is 4.55. The van der Waals surface area contributed by atoms with Gasteiger partial charge < -0.3 is 9.84 Å². The van der Waals surface area contributed by atoms with E-state index in [4.69, 9.17) is 9.84 Å². The molecule has 0 aliphatic heterocycles. The van der Waals surface area contributed by atoms with Gasteiger partial charge in [0.15, 0.2) is 0 Å². The number of hydrogen-bond donors (Lipinski definition) is 1. The van der Waals surface area contributed by atoms with E-state index in [9.17, 15) is 4.79 Å². The highest BCUT2D eigenvalue weighted by atomic mass is 16.5.